The van der Waals surface area contributed by atoms with Crippen LogP contribution in [0, 0.1) is 6.92 Å². The van der Waals surface area contributed by atoms with Crippen LogP contribution in [-0.4, -0.2) is 0 Å². The van der Waals surface area contributed by atoms with Gasteiger partial charge in [-0.2, -0.15) is 0 Å². The number of benzene rings is 2. The molecule has 0 heterocycles. The van der Waals surface area contributed by atoms with Crippen molar-refractivity contribution in [2.75, 3.05) is 0 Å². The Morgan fingerprint density at radius 2 is 1.80 bits per heavy atom. The molecule has 0 spiro atoms. The molecule has 1 unspecified atom stereocenters. The second-order valence-corrected chi connectivity index (χ2v) is 5.57. The minimum Gasteiger partial charge on any atom is -0.324 e. The standard InChI is InChI=1S/C19H25N/c1-3-7-16-9-6-11-18(14-16)19(20)13-12-17-10-5-4-8-15(17)2/h4-6,8-11,14,19H,3,7,12-13,20H2,1-2H3. The van der Waals surface area contributed by atoms with Gasteiger partial charge in [0.15, 0.2) is 0 Å². The Bertz CT molecular complexity index is 545. The Morgan fingerprint density at radius 1 is 1.00 bits per heavy atom. The highest BCUT2D eigenvalue weighted by Crippen LogP contribution is 2.20. The normalized spacial score (nSPS) is 12.3. The van der Waals surface area contributed by atoms with Gasteiger partial charge >= 0.3 is 0 Å². The van der Waals surface area contributed by atoms with Crippen LogP contribution in [0.3, 0.4) is 0 Å². The van der Waals surface area contributed by atoms with Crippen LogP contribution in [0.5, 0.6) is 0 Å². The van der Waals surface area contributed by atoms with Crippen molar-refractivity contribution in [3.63, 3.8) is 0 Å². The first-order chi connectivity index (χ1) is 9.70. The highest BCUT2D eigenvalue weighted by Gasteiger charge is 2.07. The largest absolute Gasteiger partial charge is 0.324 e. The predicted octanol–water partition coefficient (Wildman–Crippen LogP) is 4.58. The third-order valence-corrected chi connectivity index (χ3v) is 3.90. The van der Waals surface area contributed by atoms with Gasteiger partial charge in [-0.25, -0.2) is 0 Å². The number of nitrogens with two attached hydrogens (primary N) is 1. The van der Waals surface area contributed by atoms with Gasteiger partial charge in [0.1, 0.15) is 0 Å². The van der Waals surface area contributed by atoms with Crippen LogP contribution in [0.4, 0.5) is 0 Å². The molecule has 0 aliphatic rings. The molecule has 2 N–H and O–H groups in total. The fraction of sp³-hybridized carbons (Fsp3) is 0.368. The zero-order valence-electron chi connectivity index (χ0n) is 12.6. The van der Waals surface area contributed by atoms with E-state index in [2.05, 4.69) is 62.4 Å². The van der Waals surface area contributed by atoms with Gasteiger partial charge in [-0.15, -0.1) is 0 Å². The van der Waals surface area contributed by atoms with E-state index in [9.17, 15) is 0 Å². The van der Waals surface area contributed by atoms with Gasteiger partial charge in [0.05, 0.1) is 0 Å². The fourth-order valence-corrected chi connectivity index (χ4v) is 2.64. The molecule has 106 valence electrons. The Kier molecular flexibility index (Phi) is 5.37. The molecule has 1 atom stereocenters. The molecular weight excluding hydrogens is 242 g/mol. The van der Waals surface area contributed by atoms with E-state index in [1.54, 1.807) is 0 Å². The molecule has 0 radical (unpaired) electrons. The van der Waals surface area contributed by atoms with E-state index in [0.717, 1.165) is 19.3 Å². The Labute approximate surface area is 122 Å². The third-order valence-electron chi connectivity index (χ3n) is 3.90. The molecule has 20 heavy (non-hydrogen) atoms. The lowest BCUT2D eigenvalue weighted by Crippen LogP contribution is -2.12. The van der Waals surface area contributed by atoms with E-state index >= 15 is 0 Å². The maximum atomic E-state index is 6.36. The van der Waals surface area contributed by atoms with Gasteiger partial charge < -0.3 is 5.73 Å². The van der Waals surface area contributed by atoms with Crippen LogP contribution in [0.25, 0.3) is 0 Å². The van der Waals surface area contributed by atoms with Crippen molar-refractivity contribution in [1.82, 2.24) is 0 Å². The second-order valence-electron chi connectivity index (χ2n) is 5.57. The maximum absolute atomic E-state index is 6.36. The van der Waals surface area contributed by atoms with E-state index in [4.69, 9.17) is 5.73 Å². The molecule has 0 amide bonds. The summed E-state index contributed by atoms with van der Waals surface area (Å²) in [4.78, 5) is 0. The Balaban J connectivity index is 1.99. The second kappa shape index (κ2) is 7.25. The average molecular weight is 267 g/mol. The summed E-state index contributed by atoms with van der Waals surface area (Å²) in [7, 11) is 0. The van der Waals surface area contributed by atoms with Crippen LogP contribution in [0.15, 0.2) is 48.5 Å². The molecule has 0 saturated carbocycles. The summed E-state index contributed by atoms with van der Waals surface area (Å²) in [5.74, 6) is 0. The summed E-state index contributed by atoms with van der Waals surface area (Å²) in [6.07, 6.45) is 4.37. The summed E-state index contributed by atoms with van der Waals surface area (Å²) >= 11 is 0. The summed E-state index contributed by atoms with van der Waals surface area (Å²) in [5, 5.41) is 0. The topological polar surface area (TPSA) is 26.0 Å². The first-order valence-electron chi connectivity index (χ1n) is 7.59. The van der Waals surface area contributed by atoms with Crippen LogP contribution in [0.1, 0.15) is 48.1 Å². The van der Waals surface area contributed by atoms with E-state index in [1.807, 2.05) is 0 Å². The Morgan fingerprint density at radius 3 is 2.55 bits per heavy atom. The van der Waals surface area contributed by atoms with E-state index in [0.29, 0.717) is 0 Å². The van der Waals surface area contributed by atoms with Crippen molar-refractivity contribution in [2.24, 2.45) is 5.73 Å². The lowest BCUT2D eigenvalue weighted by Gasteiger charge is -2.14. The van der Waals surface area contributed by atoms with Gasteiger partial charge in [0.2, 0.25) is 0 Å². The minimum absolute atomic E-state index is 0.131. The summed E-state index contributed by atoms with van der Waals surface area (Å²) < 4.78 is 0. The van der Waals surface area contributed by atoms with Gasteiger partial charge in [-0.05, 0) is 48.4 Å². The van der Waals surface area contributed by atoms with Crippen molar-refractivity contribution in [3.8, 4) is 0 Å². The highest BCUT2D eigenvalue weighted by molar-refractivity contribution is 5.28. The van der Waals surface area contributed by atoms with E-state index in [1.165, 1.54) is 28.7 Å². The fourth-order valence-electron chi connectivity index (χ4n) is 2.64. The van der Waals surface area contributed by atoms with E-state index in [-0.39, 0.29) is 6.04 Å². The lowest BCUT2D eigenvalue weighted by molar-refractivity contribution is 0.649. The molecule has 0 saturated heterocycles. The molecule has 0 aliphatic heterocycles. The number of rotatable bonds is 6. The highest BCUT2D eigenvalue weighted by atomic mass is 14.6. The molecular formula is C19H25N. The molecule has 0 bridgehead atoms. The maximum Gasteiger partial charge on any atom is 0.0298 e. The van der Waals surface area contributed by atoms with Crippen molar-refractivity contribution < 1.29 is 0 Å². The summed E-state index contributed by atoms with van der Waals surface area (Å²) in [6, 6.07) is 17.5. The number of aryl methyl sites for hydroxylation is 3. The molecule has 2 aromatic rings. The zero-order chi connectivity index (χ0) is 14.4. The molecule has 0 aromatic heterocycles. The molecule has 0 aliphatic carbocycles. The van der Waals surface area contributed by atoms with Crippen molar-refractivity contribution in [3.05, 3.63) is 70.8 Å². The molecule has 1 nitrogen and oxygen atoms in total. The molecule has 0 fully saturated rings. The third kappa shape index (κ3) is 3.94. The summed E-state index contributed by atoms with van der Waals surface area (Å²) in [5.41, 5.74) is 11.8. The van der Waals surface area contributed by atoms with Gasteiger partial charge in [0, 0.05) is 6.04 Å². The van der Waals surface area contributed by atoms with Gasteiger partial charge in [0.25, 0.3) is 0 Å². The first kappa shape index (κ1) is 14.8. The number of hydrogen-bond donors (Lipinski definition) is 1. The van der Waals surface area contributed by atoms with Gasteiger partial charge in [-0.3, -0.25) is 0 Å². The quantitative estimate of drug-likeness (QED) is 0.814. The zero-order valence-corrected chi connectivity index (χ0v) is 12.6. The average Bonchev–Trinajstić information content (AvgIpc) is 2.47. The minimum atomic E-state index is 0.131. The van der Waals surface area contributed by atoms with Crippen LogP contribution in [0.2, 0.25) is 0 Å². The first-order valence-corrected chi connectivity index (χ1v) is 7.59. The molecule has 1 heteroatoms. The predicted molar refractivity (Wildman–Crippen MR) is 86.9 cm³/mol. The van der Waals surface area contributed by atoms with Crippen LogP contribution < -0.4 is 5.73 Å². The Hall–Kier alpha value is -1.60. The SMILES string of the molecule is CCCc1cccc(C(N)CCc2ccccc2C)c1. The molecule has 2 rings (SSSR count). The lowest BCUT2D eigenvalue weighted by atomic mass is 9.96. The van der Waals surface area contributed by atoms with Crippen molar-refractivity contribution >= 4 is 0 Å². The molecule has 2 aromatic carbocycles. The van der Waals surface area contributed by atoms with Crippen LogP contribution >= 0.6 is 0 Å². The summed E-state index contributed by atoms with van der Waals surface area (Å²) in [6.45, 7) is 4.38. The van der Waals surface area contributed by atoms with Crippen molar-refractivity contribution in [2.45, 2.75) is 45.6 Å². The van der Waals surface area contributed by atoms with Crippen molar-refractivity contribution in [1.29, 1.82) is 0 Å². The monoisotopic (exact) mass is 267 g/mol. The number of hydrogen-bond acceptors (Lipinski definition) is 1. The van der Waals surface area contributed by atoms with E-state index < -0.39 is 0 Å². The van der Waals surface area contributed by atoms with Crippen LogP contribution in [-0.2, 0) is 12.8 Å². The smallest absolute Gasteiger partial charge is 0.0298 e. The van der Waals surface area contributed by atoms with Gasteiger partial charge in [-0.1, -0.05) is 61.9 Å².